The number of carboxylic acid groups (broad SMARTS) is 1. The van der Waals surface area contributed by atoms with E-state index in [9.17, 15) is 4.79 Å². The molecule has 0 unspecified atom stereocenters. The first kappa shape index (κ1) is 14.3. The van der Waals surface area contributed by atoms with E-state index in [4.69, 9.17) is 5.11 Å². The highest BCUT2D eigenvalue weighted by molar-refractivity contribution is 9.10. The molecule has 0 saturated heterocycles. The van der Waals surface area contributed by atoms with Crippen molar-refractivity contribution in [3.8, 4) is 0 Å². The molecule has 19 heavy (non-hydrogen) atoms. The molecule has 4 nitrogen and oxygen atoms in total. The maximum atomic E-state index is 10.9. The number of thiazole rings is 1. The zero-order valence-electron chi connectivity index (χ0n) is 11.0. The topological polar surface area (TPSA) is 55.1 Å². The van der Waals surface area contributed by atoms with Gasteiger partial charge in [-0.25, -0.2) is 9.78 Å². The molecule has 0 fully saturated rings. The largest absolute Gasteiger partial charge is 0.478 e. The molecular weight excluding hydrogens is 328 g/mol. The van der Waals surface area contributed by atoms with Crippen LogP contribution in [0, 0.1) is 0 Å². The molecule has 0 amide bonds. The van der Waals surface area contributed by atoms with Crippen LogP contribution in [0.15, 0.2) is 22.2 Å². The number of carboxylic acids is 1. The average molecular weight is 343 g/mol. The Morgan fingerprint density at radius 1 is 1.53 bits per heavy atom. The second-order valence-electron chi connectivity index (χ2n) is 5.36. The van der Waals surface area contributed by atoms with Crippen molar-refractivity contribution in [1.29, 1.82) is 0 Å². The van der Waals surface area contributed by atoms with E-state index in [0.717, 1.165) is 15.3 Å². The molecule has 0 saturated carbocycles. The van der Waals surface area contributed by atoms with Gasteiger partial charge in [0.15, 0.2) is 0 Å². The summed E-state index contributed by atoms with van der Waals surface area (Å²) in [4.78, 5) is 15.5. The summed E-state index contributed by atoms with van der Waals surface area (Å²) in [6.07, 6.45) is 1.62. The van der Waals surface area contributed by atoms with Crippen LogP contribution in [0.2, 0.25) is 0 Å². The maximum absolute atomic E-state index is 10.9. The van der Waals surface area contributed by atoms with Crippen LogP contribution in [0.3, 0.4) is 0 Å². The number of rotatable bonds is 3. The summed E-state index contributed by atoms with van der Waals surface area (Å²) < 4.78 is 2.59. The number of aromatic carboxylic acids is 1. The fourth-order valence-electron chi connectivity index (χ4n) is 1.59. The molecule has 0 radical (unpaired) electrons. The third-order valence-corrected chi connectivity index (χ3v) is 4.23. The van der Waals surface area contributed by atoms with Gasteiger partial charge >= 0.3 is 5.97 Å². The second kappa shape index (κ2) is 5.09. The third-order valence-electron chi connectivity index (χ3n) is 2.72. The molecule has 0 aliphatic rings. The van der Waals surface area contributed by atoms with Crippen LogP contribution >= 0.6 is 27.3 Å². The third kappa shape index (κ3) is 3.25. The Balaban J connectivity index is 2.22. The van der Waals surface area contributed by atoms with Crippen molar-refractivity contribution >= 4 is 33.2 Å². The molecule has 6 heteroatoms. The number of hydrogen-bond acceptors (Lipinski definition) is 3. The minimum atomic E-state index is -0.922. The van der Waals surface area contributed by atoms with Crippen LogP contribution in [0.25, 0.3) is 0 Å². The predicted molar refractivity (Wildman–Crippen MR) is 79.0 cm³/mol. The summed E-state index contributed by atoms with van der Waals surface area (Å²) >= 11 is 4.96. The van der Waals surface area contributed by atoms with E-state index >= 15 is 0 Å². The van der Waals surface area contributed by atoms with Crippen molar-refractivity contribution in [2.75, 3.05) is 0 Å². The van der Waals surface area contributed by atoms with Gasteiger partial charge in [-0.15, -0.1) is 11.3 Å². The van der Waals surface area contributed by atoms with Crippen molar-refractivity contribution in [3.05, 3.63) is 38.5 Å². The normalized spacial score (nSPS) is 11.8. The second-order valence-corrected chi connectivity index (χ2v) is 7.12. The van der Waals surface area contributed by atoms with Crippen LogP contribution in [-0.4, -0.2) is 20.6 Å². The number of nitrogens with zero attached hydrogens (tertiary/aromatic N) is 2. The van der Waals surface area contributed by atoms with E-state index in [-0.39, 0.29) is 11.0 Å². The van der Waals surface area contributed by atoms with Gasteiger partial charge in [0, 0.05) is 17.0 Å². The van der Waals surface area contributed by atoms with Crippen molar-refractivity contribution < 1.29 is 9.90 Å². The summed E-state index contributed by atoms with van der Waals surface area (Å²) in [6.45, 7) is 6.95. The zero-order valence-corrected chi connectivity index (χ0v) is 13.4. The quantitative estimate of drug-likeness (QED) is 0.923. The first-order chi connectivity index (χ1) is 8.77. The van der Waals surface area contributed by atoms with E-state index in [2.05, 4.69) is 47.1 Å². The van der Waals surface area contributed by atoms with Gasteiger partial charge in [0.05, 0.1) is 22.4 Å². The number of aromatic nitrogens is 2. The van der Waals surface area contributed by atoms with Gasteiger partial charge < -0.3 is 9.67 Å². The predicted octanol–water partition coefficient (Wildman–Crippen LogP) is 3.75. The van der Waals surface area contributed by atoms with E-state index in [1.165, 1.54) is 0 Å². The first-order valence-corrected chi connectivity index (χ1v) is 7.48. The lowest BCUT2D eigenvalue weighted by Crippen LogP contribution is -2.11. The molecular formula is C13H15BrN2O2S. The Kier molecular flexibility index (Phi) is 3.82. The fraction of sp³-hybridized carbons (Fsp3) is 0.385. The Morgan fingerprint density at radius 3 is 2.68 bits per heavy atom. The molecule has 2 aromatic heterocycles. The molecule has 2 rings (SSSR count). The van der Waals surface area contributed by atoms with Gasteiger partial charge in [0.1, 0.15) is 5.01 Å². The molecule has 0 aromatic carbocycles. The van der Waals surface area contributed by atoms with Crippen LogP contribution in [0.4, 0.5) is 0 Å². The lowest BCUT2D eigenvalue weighted by Gasteiger charge is -2.14. The summed E-state index contributed by atoms with van der Waals surface area (Å²) in [5.74, 6) is -0.922. The van der Waals surface area contributed by atoms with Crippen LogP contribution < -0.4 is 0 Å². The van der Waals surface area contributed by atoms with Gasteiger partial charge in [-0.2, -0.15) is 0 Å². The van der Waals surface area contributed by atoms with Crippen molar-refractivity contribution in [1.82, 2.24) is 9.55 Å². The summed E-state index contributed by atoms with van der Waals surface area (Å²) in [7, 11) is 0. The van der Waals surface area contributed by atoms with E-state index in [1.54, 1.807) is 23.6 Å². The highest BCUT2D eigenvalue weighted by Gasteiger charge is 2.18. The van der Waals surface area contributed by atoms with Gasteiger partial charge in [-0.1, -0.05) is 20.8 Å². The molecule has 0 spiro atoms. The van der Waals surface area contributed by atoms with Gasteiger partial charge in [0.25, 0.3) is 0 Å². The van der Waals surface area contributed by atoms with Crippen molar-refractivity contribution in [3.63, 3.8) is 0 Å². The SMILES string of the molecule is CC(C)(C)c1csc(Cn2cc(C(=O)O)cc2Br)n1. The van der Waals surface area contributed by atoms with Crippen LogP contribution in [0.1, 0.15) is 41.8 Å². The first-order valence-electron chi connectivity index (χ1n) is 5.81. The summed E-state index contributed by atoms with van der Waals surface area (Å²) in [5.41, 5.74) is 1.38. The van der Waals surface area contributed by atoms with E-state index in [1.807, 2.05) is 4.57 Å². The molecule has 102 valence electrons. The highest BCUT2D eigenvalue weighted by atomic mass is 79.9. The fourth-order valence-corrected chi connectivity index (χ4v) is 3.08. The maximum Gasteiger partial charge on any atom is 0.337 e. The minimum absolute atomic E-state index is 0.0366. The average Bonchev–Trinajstić information content (AvgIpc) is 2.86. The lowest BCUT2D eigenvalue weighted by atomic mass is 9.93. The minimum Gasteiger partial charge on any atom is -0.478 e. The Hall–Kier alpha value is -1.14. The van der Waals surface area contributed by atoms with E-state index in [0.29, 0.717) is 6.54 Å². The smallest absolute Gasteiger partial charge is 0.337 e. The molecule has 1 N–H and O–H groups in total. The summed E-state index contributed by atoms with van der Waals surface area (Å²) in [5, 5.41) is 12.0. The van der Waals surface area contributed by atoms with Gasteiger partial charge in [-0.05, 0) is 22.0 Å². The Bertz CT molecular complexity index is 610. The van der Waals surface area contributed by atoms with Crippen LogP contribution in [0.5, 0.6) is 0 Å². The Labute approximate surface area is 124 Å². The van der Waals surface area contributed by atoms with Gasteiger partial charge in [0.2, 0.25) is 0 Å². The molecule has 0 atom stereocenters. The number of hydrogen-bond donors (Lipinski definition) is 1. The number of halogens is 1. The monoisotopic (exact) mass is 342 g/mol. The summed E-state index contributed by atoms with van der Waals surface area (Å²) in [6, 6.07) is 1.60. The van der Waals surface area contributed by atoms with E-state index < -0.39 is 5.97 Å². The molecule has 2 heterocycles. The molecule has 2 aromatic rings. The van der Waals surface area contributed by atoms with Crippen LogP contribution in [-0.2, 0) is 12.0 Å². The number of carbonyl (C=O) groups is 1. The van der Waals surface area contributed by atoms with Gasteiger partial charge in [-0.3, -0.25) is 0 Å². The van der Waals surface area contributed by atoms with Crippen molar-refractivity contribution in [2.45, 2.75) is 32.7 Å². The highest BCUT2D eigenvalue weighted by Crippen LogP contribution is 2.25. The van der Waals surface area contributed by atoms with Crippen molar-refractivity contribution in [2.24, 2.45) is 0 Å². The lowest BCUT2D eigenvalue weighted by molar-refractivity contribution is 0.0697. The standard InChI is InChI=1S/C13H15BrN2O2S/c1-13(2,3)9-7-19-11(15-9)6-16-5-8(12(17)18)4-10(16)14/h4-5,7H,6H2,1-3H3,(H,17,18). The molecule has 0 aliphatic carbocycles. The molecule has 0 bridgehead atoms. The molecule has 0 aliphatic heterocycles. The Morgan fingerprint density at radius 2 is 2.21 bits per heavy atom. The zero-order chi connectivity index (χ0) is 14.2.